The minimum Gasteiger partial charge on any atom is -0.480 e. The molecule has 2 unspecified atom stereocenters. The number of carboxylic acids is 1. The van der Waals surface area contributed by atoms with Crippen LogP contribution < -0.4 is 5.32 Å². The Hall–Kier alpha value is -2.21. The number of hydrogen-bond acceptors (Lipinski definition) is 4. The lowest BCUT2D eigenvalue weighted by Crippen LogP contribution is -2.52. The second kappa shape index (κ2) is 6.81. The van der Waals surface area contributed by atoms with E-state index in [-0.39, 0.29) is 0 Å². The summed E-state index contributed by atoms with van der Waals surface area (Å²) >= 11 is 0. The van der Waals surface area contributed by atoms with E-state index < -0.39 is 29.8 Å². The van der Waals surface area contributed by atoms with Crippen LogP contribution in [0, 0.1) is 6.92 Å². The minimum atomic E-state index is -1.42. The number of ether oxygens (including phenoxy) is 1. The predicted molar refractivity (Wildman–Crippen MR) is 71.5 cm³/mol. The third-order valence-corrected chi connectivity index (χ3v) is 2.82. The summed E-state index contributed by atoms with van der Waals surface area (Å²) in [7, 11) is 1.22. The fourth-order valence-corrected chi connectivity index (χ4v) is 1.73. The number of ketones is 1. The molecule has 1 rings (SSSR count). The van der Waals surface area contributed by atoms with Crippen LogP contribution in [0.4, 0.5) is 0 Å². The average Bonchev–Trinajstić information content (AvgIpc) is 2.38. The van der Waals surface area contributed by atoms with Crippen molar-refractivity contribution in [3.63, 3.8) is 0 Å². The van der Waals surface area contributed by atoms with Crippen molar-refractivity contribution in [2.24, 2.45) is 0 Å². The molecule has 2 N–H and O–H groups in total. The van der Waals surface area contributed by atoms with E-state index in [2.05, 4.69) is 5.32 Å². The van der Waals surface area contributed by atoms with Gasteiger partial charge in [-0.3, -0.25) is 9.59 Å². The molecule has 0 aliphatic carbocycles. The molecule has 0 aliphatic rings. The highest BCUT2D eigenvalue weighted by atomic mass is 16.5. The summed E-state index contributed by atoms with van der Waals surface area (Å²) in [6.07, 6.45) is -1.22. The highest BCUT2D eigenvalue weighted by Crippen LogP contribution is 2.06. The van der Waals surface area contributed by atoms with Gasteiger partial charge in [-0.1, -0.05) is 17.7 Å². The molecule has 0 fully saturated rings. The van der Waals surface area contributed by atoms with Gasteiger partial charge in [0.1, 0.15) is 6.10 Å². The van der Waals surface area contributed by atoms with Gasteiger partial charge in [0, 0.05) is 12.7 Å². The number of carbonyl (C=O) groups excluding carboxylic acids is 2. The molecule has 0 radical (unpaired) electrons. The maximum absolute atomic E-state index is 12.0. The first kappa shape index (κ1) is 15.8. The second-order valence-corrected chi connectivity index (χ2v) is 4.42. The number of carbonyl (C=O) groups is 3. The van der Waals surface area contributed by atoms with Crippen molar-refractivity contribution < 1.29 is 24.2 Å². The van der Waals surface area contributed by atoms with E-state index in [1.807, 2.05) is 6.92 Å². The van der Waals surface area contributed by atoms with E-state index in [4.69, 9.17) is 9.84 Å². The van der Waals surface area contributed by atoms with Crippen molar-refractivity contribution in [2.75, 3.05) is 7.11 Å². The van der Waals surface area contributed by atoms with Crippen LogP contribution in [0.1, 0.15) is 22.8 Å². The number of rotatable bonds is 6. The zero-order chi connectivity index (χ0) is 15.3. The lowest BCUT2D eigenvalue weighted by Gasteiger charge is -2.21. The number of amides is 1. The van der Waals surface area contributed by atoms with Crippen LogP contribution >= 0.6 is 0 Å². The van der Waals surface area contributed by atoms with Gasteiger partial charge >= 0.3 is 5.97 Å². The van der Waals surface area contributed by atoms with E-state index in [9.17, 15) is 14.4 Å². The van der Waals surface area contributed by atoms with Crippen molar-refractivity contribution in [2.45, 2.75) is 26.0 Å². The lowest BCUT2D eigenvalue weighted by atomic mass is 10.1. The molecule has 2 atom stereocenters. The molecule has 0 aliphatic heterocycles. The molecule has 0 saturated carbocycles. The quantitative estimate of drug-likeness (QED) is 0.802. The molecule has 0 bridgehead atoms. The first-order valence-electron chi connectivity index (χ1n) is 6.00. The summed E-state index contributed by atoms with van der Waals surface area (Å²) in [4.78, 5) is 34.5. The predicted octanol–water partition coefficient (Wildman–Crippen LogP) is 0.782. The molecule has 1 amide bonds. The van der Waals surface area contributed by atoms with Crippen molar-refractivity contribution in [3.8, 4) is 0 Å². The van der Waals surface area contributed by atoms with Gasteiger partial charge < -0.3 is 15.2 Å². The van der Waals surface area contributed by atoms with Crippen molar-refractivity contribution in [3.05, 3.63) is 35.4 Å². The number of Topliss-reactive ketones (excluding diaryl/α,β-unsaturated/α-hetero) is 1. The van der Waals surface area contributed by atoms with Gasteiger partial charge in [-0.15, -0.1) is 0 Å². The van der Waals surface area contributed by atoms with E-state index >= 15 is 0 Å². The Labute approximate surface area is 116 Å². The molecular weight excluding hydrogens is 262 g/mol. The number of hydrogen-bond donors (Lipinski definition) is 2. The third kappa shape index (κ3) is 3.89. The van der Waals surface area contributed by atoms with Crippen LogP contribution in [0.15, 0.2) is 24.3 Å². The topological polar surface area (TPSA) is 92.7 Å². The van der Waals surface area contributed by atoms with Crippen LogP contribution in [0.25, 0.3) is 0 Å². The monoisotopic (exact) mass is 279 g/mol. The minimum absolute atomic E-state index is 0.320. The first-order valence-corrected chi connectivity index (χ1v) is 6.00. The van der Waals surface area contributed by atoms with Gasteiger partial charge in [-0.25, -0.2) is 4.79 Å². The normalized spacial score (nSPS) is 13.3. The van der Waals surface area contributed by atoms with Crippen molar-refractivity contribution >= 4 is 17.7 Å². The molecule has 0 heterocycles. The maximum Gasteiger partial charge on any atom is 0.329 e. The van der Waals surface area contributed by atoms with Gasteiger partial charge in [0.25, 0.3) is 5.91 Å². The standard InChI is InChI=1S/C14H17NO5/c1-8-4-6-10(7-5-8)13(17)15-11(14(18)19)12(20-3)9(2)16/h4-7,11-12H,1-3H3,(H,15,17)(H,18,19). The third-order valence-electron chi connectivity index (χ3n) is 2.82. The van der Waals surface area contributed by atoms with E-state index in [0.29, 0.717) is 5.56 Å². The Morgan fingerprint density at radius 1 is 1.20 bits per heavy atom. The molecule has 1 aromatic carbocycles. The zero-order valence-corrected chi connectivity index (χ0v) is 11.5. The lowest BCUT2D eigenvalue weighted by molar-refractivity contribution is -0.147. The van der Waals surface area contributed by atoms with Crippen LogP contribution in [-0.4, -0.2) is 42.0 Å². The summed E-state index contributed by atoms with van der Waals surface area (Å²) in [6.45, 7) is 3.08. The molecule has 108 valence electrons. The Kier molecular flexibility index (Phi) is 5.40. The Morgan fingerprint density at radius 2 is 1.75 bits per heavy atom. The van der Waals surface area contributed by atoms with Crippen LogP contribution in [-0.2, 0) is 14.3 Å². The SMILES string of the molecule is COC(C(C)=O)C(NC(=O)c1ccc(C)cc1)C(=O)O. The van der Waals surface area contributed by atoms with Crippen molar-refractivity contribution in [1.29, 1.82) is 0 Å². The number of aryl methyl sites for hydroxylation is 1. The van der Waals surface area contributed by atoms with Crippen molar-refractivity contribution in [1.82, 2.24) is 5.32 Å². The summed E-state index contributed by atoms with van der Waals surface area (Å²) in [6, 6.07) is 5.22. The molecule has 20 heavy (non-hydrogen) atoms. The van der Waals surface area contributed by atoms with Crippen LogP contribution in [0.5, 0.6) is 0 Å². The highest BCUT2D eigenvalue weighted by molar-refractivity contribution is 5.98. The summed E-state index contributed by atoms with van der Waals surface area (Å²) in [5, 5.41) is 11.4. The number of carboxylic acid groups (broad SMARTS) is 1. The number of methoxy groups -OCH3 is 1. The fourth-order valence-electron chi connectivity index (χ4n) is 1.73. The van der Waals surface area contributed by atoms with E-state index in [1.165, 1.54) is 14.0 Å². The smallest absolute Gasteiger partial charge is 0.329 e. The Bertz CT molecular complexity index is 509. The fraction of sp³-hybridized carbons (Fsp3) is 0.357. The van der Waals surface area contributed by atoms with Gasteiger partial charge in [0.15, 0.2) is 11.8 Å². The summed E-state index contributed by atoms with van der Waals surface area (Å²) in [5.41, 5.74) is 1.30. The van der Waals surface area contributed by atoms with Gasteiger partial charge in [0.2, 0.25) is 0 Å². The van der Waals surface area contributed by atoms with Gasteiger partial charge in [0.05, 0.1) is 0 Å². The molecular formula is C14H17NO5. The molecule has 0 aromatic heterocycles. The number of nitrogens with one attached hydrogen (secondary N) is 1. The first-order chi connectivity index (χ1) is 9.36. The number of aliphatic carboxylic acids is 1. The Morgan fingerprint density at radius 3 is 2.15 bits per heavy atom. The number of benzene rings is 1. The molecule has 6 nitrogen and oxygen atoms in total. The molecule has 1 aromatic rings. The zero-order valence-electron chi connectivity index (χ0n) is 11.5. The van der Waals surface area contributed by atoms with Crippen LogP contribution in [0.2, 0.25) is 0 Å². The molecule has 0 saturated heterocycles. The summed E-state index contributed by atoms with van der Waals surface area (Å²) < 4.78 is 4.85. The average molecular weight is 279 g/mol. The highest BCUT2D eigenvalue weighted by Gasteiger charge is 2.33. The molecule has 0 spiro atoms. The van der Waals surface area contributed by atoms with Crippen LogP contribution in [0.3, 0.4) is 0 Å². The van der Waals surface area contributed by atoms with Gasteiger partial charge in [-0.05, 0) is 26.0 Å². The Balaban J connectivity index is 2.90. The van der Waals surface area contributed by atoms with Gasteiger partial charge in [-0.2, -0.15) is 0 Å². The van der Waals surface area contributed by atoms with E-state index in [1.54, 1.807) is 24.3 Å². The maximum atomic E-state index is 12.0. The second-order valence-electron chi connectivity index (χ2n) is 4.42. The van der Waals surface area contributed by atoms with E-state index in [0.717, 1.165) is 5.56 Å². The molecule has 6 heteroatoms. The largest absolute Gasteiger partial charge is 0.480 e. The summed E-state index contributed by atoms with van der Waals surface area (Å²) in [5.74, 6) is -2.36.